The first kappa shape index (κ1) is 13.4. The summed E-state index contributed by atoms with van der Waals surface area (Å²) in [4.78, 5) is 0. The highest BCUT2D eigenvalue weighted by Crippen LogP contribution is 2.34. The zero-order valence-electron chi connectivity index (χ0n) is 10.2. The van der Waals surface area contributed by atoms with Gasteiger partial charge in [-0.05, 0) is 48.2 Å². The molecule has 2 aromatic carbocycles. The van der Waals surface area contributed by atoms with E-state index in [-0.39, 0.29) is 11.2 Å². The molecular formula is C15H13Cl2F. The Morgan fingerprint density at radius 1 is 1.11 bits per heavy atom. The third kappa shape index (κ3) is 2.52. The van der Waals surface area contributed by atoms with Crippen molar-refractivity contribution in [2.75, 3.05) is 0 Å². The Morgan fingerprint density at radius 2 is 1.83 bits per heavy atom. The van der Waals surface area contributed by atoms with E-state index in [4.69, 9.17) is 23.2 Å². The van der Waals surface area contributed by atoms with Gasteiger partial charge in [-0.25, -0.2) is 4.39 Å². The van der Waals surface area contributed by atoms with Crippen LogP contribution in [0.2, 0.25) is 5.02 Å². The predicted octanol–water partition coefficient (Wildman–Crippen LogP) is 5.42. The number of aryl methyl sites for hydroxylation is 1. The fraction of sp³-hybridized carbons (Fsp3) is 0.200. The minimum absolute atomic E-state index is 0.217. The second-order valence-corrected chi connectivity index (χ2v) is 5.17. The Hall–Kier alpha value is -1.05. The Balaban J connectivity index is 2.44. The Kier molecular flexibility index (Phi) is 3.94. The van der Waals surface area contributed by atoms with Crippen LogP contribution in [0.3, 0.4) is 0 Å². The molecule has 0 radical (unpaired) electrons. The number of alkyl halides is 1. The van der Waals surface area contributed by atoms with E-state index < -0.39 is 0 Å². The van der Waals surface area contributed by atoms with E-state index in [0.29, 0.717) is 10.6 Å². The zero-order chi connectivity index (χ0) is 13.3. The maximum absolute atomic E-state index is 13.2. The summed E-state index contributed by atoms with van der Waals surface area (Å²) in [7, 11) is 0. The monoisotopic (exact) mass is 282 g/mol. The fourth-order valence-corrected chi connectivity index (χ4v) is 2.46. The van der Waals surface area contributed by atoms with Crippen LogP contribution >= 0.6 is 23.2 Å². The molecule has 94 valence electrons. The topological polar surface area (TPSA) is 0 Å². The van der Waals surface area contributed by atoms with Crippen molar-refractivity contribution in [1.82, 2.24) is 0 Å². The van der Waals surface area contributed by atoms with Crippen molar-refractivity contribution in [3.05, 3.63) is 69.5 Å². The molecular weight excluding hydrogens is 270 g/mol. The number of hydrogen-bond donors (Lipinski definition) is 0. The molecule has 0 bridgehead atoms. The summed E-state index contributed by atoms with van der Waals surface area (Å²) in [6.45, 7) is 3.66. The van der Waals surface area contributed by atoms with Crippen molar-refractivity contribution in [2.24, 2.45) is 0 Å². The van der Waals surface area contributed by atoms with Gasteiger partial charge in [0.05, 0.1) is 5.38 Å². The lowest BCUT2D eigenvalue weighted by atomic mass is 9.99. The summed E-state index contributed by atoms with van der Waals surface area (Å²) in [6, 6.07) is 10.6. The molecule has 0 aliphatic carbocycles. The van der Waals surface area contributed by atoms with Crippen molar-refractivity contribution < 1.29 is 4.39 Å². The SMILES string of the molecule is Cc1cc(C(Cl)c2cccc(Cl)c2C)ccc1F. The number of benzene rings is 2. The molecule has 0 aliphatic rings. The summed E-state index contributed by atoms with van der Waals surface area (Å²) >= 11 is 12.5. The van der Waals surface area contributed by atoms with Crippen LogP contribution in [0.5, 0.6) is 0 Å². The molecule has 0 fully saturated rings. The summed E-state index contributed by atoms with van der Waals surface area (Å²) in [5.74, 6) is -0.217. The second kappa shape index (κ2) is 5.29. The van der Waals surface area contributed by atoms with E-state index in [1.807, 2.05) is 25.1 Å². The molecule has 0 N–H and O–H groups in total. The largest absolute Gasteiger partial charge is 0.207 e. The van der Waals surface area contributed by atoms with Gasteiger partial charge in [0.1, 0.15) is 5.82 Å². The van der Waals surface area contributed by atoms with E-state index in [1.54, 1.807) is 19.1 Å². The van der Waals surface area contributed by atoms with Crippen LogP contribution in [0.4, 0.5) is 4.39 Å². The Labute approximate surface area is 116 Å². The molecule has 0 saturated carbocycles. The van der Waals surface area contributed by atoms with Gasteiger partial charge in [-0.3, -0.25) is 0 Å². The molecule has 0 amide bonds. The maximum Gasteiger partial charge on any atom is 0.126 e. The molecule has 1 atom stereocenters. The molecule has 2 aromatic rings. The van der Waals surface area contributed by atoms with Crippen LogP contribution in [0.1, 0.15) is 27.6 Å². The van der Waals surface area contributed by atoms with Gasteiger partial charge in [0, 0.05) is 5.02 Å². The van der Waals surface area contributed by atoms with Gasteiger partial charge in [0.2, 0.25) is 0 Å². The van der Waals surface area contributed by atoms with E-state index in [1.165, 1.54) is 6.07 Å². The third-order valence-electron chi connectivity index (χ3n) is 3.06. The highest BCUT2D eigenvalue weighted by molar-refractivity contribution is 6.31. The molecule has 2 rings (SSSR count). The maximum atomic E-state index is 13.2. The minimum Gasteiger partial charge on any atom is -0.207 e. The number of rotatable bonds is 2. The first-order chi connectivity index (χ1) is 8.50. The second-order valence-electron chi connectivity index (χ2n) is 4.33. The highest BCUT2D eigenvalue weighted by Gasteiger charge is 2.15. The zero-order valence-corrected chi connectivity index (χ0v) is 11.7. The lowest BCUT2D eigenvalue weighted by Gasteiger charge is -2.15. The molecule has 0 aromatic heterocycles. The average molecular weight is 283 g/mol. The third-order valence-corrected chi connectivity index (χ3v) is 3.95. The first-order valence-corrected chi connectivity index (χ1v) is 6.47. The lowest BCUT2D eigenvalue weighted by molar-refractivity contribution is 0.617. The number of hydrogen-bond acceptors (Lipinski definition) is 0. The van der Waals surface area contributed by atoms with Crippen LogP contribution in [0, 0.1) is 19.7 Å². The van der Waals surface area contributed by atoms with Crippen molar-refractivity contribution in [3.63, 3.8) is 0 Å². The van der Waals surface area contributed by atoms with Crippen molar-refractivity contribution in [1.29, 1.82) is 0 Å². The van der Waals surface area contributed by atoms with Gasteiger partial charge < -0.3 is 0 Å². The molecule has 18 heavy (non-hydrogen) atoms. The molecule has 0 nitrogen and oxygen atoms in total. The van der Waals surface area contributed by atoms with Crippen LogP contribution < -0.4 is 0 Å². The van der Waals surface area contributed by atoms with E-state index in [9.17, 15) is 4.39 Å². The van der Waals surface area contributed by atoms with Gasteiger partial charge >= 0.3 is 0 Å². The molecule has 0 saturated heterocycles. The van der Waals surface area contributed by atoms with Gasteiger partial charge in [0.15, 0.2) is 0 Å². The summed E-state index contributed by atoms with van der Waals surface area (Å²) in [6.07, 6.45) is 0. The van der Waals surface area contributed by atoms with Crippen LogP contribution in [-0.4, -0.2) is 0 Å². The fourth-order valence-electron chi connectivity index (χ4n) is 1.90. The minimum atomic E-state index is -0.317. The standard InChI is InChI=1S/C15H13Cl2F/c1-9-8-11(6-7-14(9)18)15(17)12-4-3-5-13(16)10(12)2/h3-8,15H,1-2H3. The summed E-state index contributed by atoms with van der Waals surface area (Å²) in [5.41, 5.74) is 3.38. The Morgan fingerprint density at radius 3 is 2.50 bits per heavy atom. The highest BCUT2D eigenvalue weighted by atomic mass is 35.5. The van der Waals surface area contributed by atoms with Gasteiger partial charge in [-0.2, -0.15) is 0 Å². The van der Waals surface area contributed by atoms with Crippen LogP contribution in [0.15, 0.2) is 36.4 Å². The van der Waals surface area contributed by atoms with Crippen molar-refractivity contribution in [2.45, 2.75) is 19.2 Å². The van der Waals surface area contributed by atoms with Crippen LogP contribution in [0.25, 0.3) is 0 Å². The van der Waals surface area contributed by atoms with E-state index in [0.717, 1.165) is 16.7 Å². The van der Waals surface area contributed by atoms with Crippen molar-refractivity contribution in [3.8, 4) is 0 Å². The van der Waals surface area contributed by atoms with Gasteiger partial charge in [-0.1, -0.05) is 35.9 Å². The average Bonchev–Trinajstić information content (AvgIpc) is 2.35. The molecule has 3 heteroatoms. The summed E-state index contributed by atoms with van der Waals surface area (Å²) < 4.78 is 13.2. The van der Waals surface area contributed by atoms with E-state index >= 15 is 0 Å². The molecule has 0 spiro atoms. The molecule has 0 heterocycles. The Bertz CT molecular complexity index is 579. The smallest absolute Gasteiger partial charge is 0.126 e. The number of halogens is 3. The van der Waals surface area contributed by atoms with Crippen LogP contribution in [-0.2, 0) is 0 Å². The molecule has 1 unspecified atom stereocenters. The van der Waals surface area contributed by atoms with Gasteiger partial charge in [-0.15, -0.1) is 11.6 Å². The normalized spacial score (nSPS) is 12.5. The van der Waals surface area contributed by atoms with E-state index in [2.05, 4.69) is 0 Å². The van der Waals surface area contributed by atoms with Crippen molar-refractivity contribution >= 4 is 23.2 Å². The summed E-state index contributed by atoms with van der Waals surface area (Å²) in [5, 5.41) is 0.375. The van der Waals surface area contributed by atoms with Gasteiger partial charge in [0.25, 0.3) is 0 Å². The first-order valence-electron chi connectivity index (χ1n) is 5.66. The molecule has 0 aliphatic heterocycles. The quantitative estimate of drug-likeness (QED) is 0.645. The lowest BCUT2D eigenvalue weighted by Crippen LogP contribution is -1.98. The predicted molar refractivity (Wildman–Crippen MR) is 75.0 cm³/mol.